The Morgan fingerprint density at radius 1 is 1.25 bits per heavy atom. The summed E-state index contributed by atoms with van der Waals surface area (Å²) < 4.78 is 0.525. The van der Waals surface area contributed by atoms with Gasteiger partial charge in [0.1, 0.15) is 13.2 Å². The van der Waals surface area contributed by atoms with Crippen LogP contribution in [0.2, 0.25) is 0 Å². The highest BCUT2D eigenvalue weighted by Crippen LogP contribution is 2.01. The summed E-state index contributed by atoms with van der Waals surface area (Å²) in [6.45, 7) is 4.07. The molecule has 0 bridgehead atoms. The highest BCUT2D eigenvalue weighted by atomic mass is 17.1. The molecule has 0 aromatic rings. The second-order valence-corrected chi connectivity index (χ2v) is 3.32. The van der Waals surface area contributed by atoms with Gasteiger partial charge in [-0.05, 0) is 6.42 Å². The van der Waals surface area contributed by atoms with Gasteiger partial charge in [-0.2, -0.15) is 4.65 Å². The third-order valence-corrected chi connectivity index (χ3v) is 1.58. The minimum Gasteiger partial charge on any atom is -0.252 e. The molecule has 0 aromatic heterocycles. The lowest BCUT2D eigenvalue weighted by atomic mass is 10.4. The molecule has 0 amide bonds. The van der Waals surface area contributed by atoms with E-state index >= 15 is 0 Å². The third kappa shape index (κ3) is 6.54. The number of rotatable bonds is 7. The van der Waals surface area contributed by atoms with Crippen LogP contribution in [0.25, 0.3) is 0 Å². The van der Waals surface area contributed by atoms with Gasteiger partial charge in [0.25, 0.3) is 0 Å². The Bertz CT molecular complexity index is 106. The number of hydrogen-bond acceptors (Lipinski definition) is 3. The van der Waals surface area contributed by atoms with Crippen molar-refractivity contribution in [3.05, 3.63) is 0 Å². The molecule has 0 aliphatic heterocycles. The van der Waals surface area contributed by atoms with Crippen LogP contribution in [0.4, 0.5) is 0 Å². The van der Waals surface area contributed by atoms with Gasteiger partial charge in [0.15, 0.2) is 0 Å². The monoisotopic (exact) mass is 178 g/mol. The summed E-state index contributed by atoms with van der Waals surface area (Å²) in [6, 6.07) is 0. The highest BCUT2D eigenvalue weighted by Gasteiger charge is 2.15. The Morgan fingerprint density at radius 2 is 1.92 bits per heavy atom. The third-order valence-electron chi connectivity index (χ3n) is 1.58. The molecule has 0 heterocycles. The van der Waals surface area contributed by atoms with Crippen LogP contribution in [0.15, 0.2) is 0 Å². The van der Waals surface area contributed by atoms with Gasteiger partial charge in [0, 0.05) is 6.42 Å². The zero-order valence-electron chi connectivity index (χ0n) is 8.25. The second kappa shape index (κ2) is 6.37. The van der Waals surface area contributed by atoms with E-state index in [9.17, 15) is 0 Å². The molecule has 0 radical (unpaired) electrons. The minimum absolute atomic E-state index is 0.372. The quantitative estimate of drug-likeness (QED) is 0.276. The molecule has 0 fully saturated rings. The fourth-order valence-electron chi connectivity index (χ4n) is 0.913. The van der Waals surface area contributed by atoms with Crippen LogP contribution in [-0.4, -0.2) is 43.8 Å². The average Bonchev–Trinajstić information content (AvgIpc) is 2.01. The van der Waals surface area contributed by atoms with E-state index in [0.29, 0.717) is 11.3 Å². The van der Waals surface area contributed by atoms with E-state index in [1.807, 2.05) is 14.1 Å². The lowest BCUT2D eigenvalue weighted by Crippen LogP contribution is -2.40. The first-order valence-corrected chi connectivity index (χ1v) is 4.36. The molecule has 0 aromatic carbocycles. The number of nitrogens with zero attached hydrogens (tertiary/aromatic N) is 1. The predicted octanol–water partition coefficient (Wildman–Crippen LogP) is 1.28. The van der Waals surface area contributed by atoms with Gasteiger partial charge in [-0.15, -0.1) is 0 Å². The van der Waals surface area contributed by atoms with E-state index in [4.69, 9.17) is 10.1 Å². The lowest BCUT2D eigenvalue weighted by Gasteiger charge is -2.26. The van der Waals surface area contributed by atoms with Crippen molar-refractivity contribution in [3.8, 4) is 0 Å². The van der Waals surface area contributed by atoms with Gasteiger partial charge >= 0.3 is 0 Å². The van der Waals surface area contributed by atoms with Crippen molar-refractivity contribution in [2.45, 2.75) is 19.8 Å². The largest absolute Gasteiger partial charge is 0.252 e. The van der Waals surface area contributed by atoms with E-state index in [1.54, 1.807) is 0 Å². The Hall–Kier alpha value is -0.160. The van der Waals surface area contributed by atoms with E-state index in [2.05, 4.69) is 11.8 Å². The summed E-state index contributed by atoms with van der Waals surface area (Å²) in [7, 11) is 3.99. The van der Waals surface area contributed by atoms with Gasteiger partial charge in [0.05, 0.1) is 20.7 Å². The van der Waals surface area contributed by atoms with Crippen LogP contribution >= 0.6 is 0 Å². The first-order chi connectivity index (χ1) is 5.62. The minimum atomic E-state index is 0.372. The number of quaternary nitrogens is 1. The molecular weight excluding hydrogens is 158 g/mol. The molecule has 4 heteroatoms. The van der Waals surface area contributed by atoms with Crippen molar-refractivity contribution in [3.63, 3.8) is 0 Å². The molecule has 0 atom stereocenters. The zero-order valence-corrected chi connectivity index (χ0v) is 8.25. The Labute approximate surface area is 74.2 Å². The molecule has 0 saturated carbocycles. The summed E-state index contributed by atoms with van der Waals surface area (Å²) in [5.74, 6) is 0. The topological polar surface area (TPSA) is 38.7 Å². The van der Waals surface area contributed by atoms with Crippen LogP contribution in [0.1, 0.15) is 19.8 Å². The molecule has 1 N–H and O–H groups in total. The highest BCUT2D eigenvalue weighted by molar-refractivity contribution is 4.29. The molecule has 0 saturated heterocycles. The Kier molecular flexibility index (Phi) is 6.28. The van der Waals surface area contributed by atoms with E-state index in [0.717, 1.165) is 26.0 Å². The molecule has 0 spiro atoms. The summed E-state index contributed by atoms with van der Waals surface area (Å²) in [4.78, 5) is 9.50. The molecule has 12 heavy (non-hydrogen) atoms. The average molecular weight is 178 g/mol. The van der Waals surface area contributed by atoms with Crippen molar-refractivity contribution in [1.82, 2.24) is 0 Å². The van der Waals surface area contributed by atoms with Crippen molar-refractivity contribution in [2.24, 2.45) is 0 Å². The molecule has 0 unspecified atom stereocenters. The first-order valence-electron chi connectivity index (χ1n) is 4.36. The predicted molar refractivity (Wildman–Crippen MR) is 46.4 cm³/mol. The number of hydrogen-bond donors (Lipinski definition) is 1. The molecule has 0 aliphatic rings. The van der Waals surface area contributed by atoms with Gasteiger partial charge in [-0.3, -0.25) is 5.26 Å². The number of hydroxylamine groups is 3. The smallest absolute Gasteiger partial charge is 0.111 e. The maximum absolute atomic E-state index is 8.09. The van der Waals surface area contributed by atoms with Crippen LogP contribution in [0.3, 0.4) is 0 Å². The fourth-order valence-corrected chi connectivity index (χ4v) is 0.913. The fraction of sp³-hybridized carbons (Fsp3) is 1.00. The van der Waals surface area contributed by atoms with Gasteiger partial charge < -0.3 is 0 Å². The molecular formula is C8H20NO3+. The van der Waals surface area contributed by atoms with Crippen molar-refractivity contribution in [1.29, 1.82) is 0 Å². The summed E-state index contributed by atoms with van der Waals surface area (Å²) in [5, 5.41) is 8.09. The maximum atomic E-state index is 8.09. The normalized spacial score (nSPS) is 12.0. The van der Waals surface area contributed by atoms with Gasteiger partial charge in [-0.1, -0.05) is 6.92 Å². The summed E-state index contributed by atoms with van der Waals surface area (Å²) >= 11 is 0. The van der Waals surface area contributed by atoms with Crippen molar-refractivity contribution >= 4 is 0 Å². The van der Waals surface area contributed by atoms with Crippen LogP contribution < -0.4 is 0 Å². The molecule has 0 rings (SSSR count). The maximum Gasteiger partial charge on any atom is 0.111 e. The van der Waals surface area contributed by atoms with Crippen LogP contribution in [0.5, 0.6) is 0 Å². The molecule has 0 aliphatic carbocycles. The van der Waals surface area contributed by atoms with Crippen LogP contribution in [-0.2, 0) is 9.73 Å². The first kappa shape index (κ1) is 11.8. The molecule has 74 valence electrons. The standard InChI is InChI=1S/C8H19NO3/c1-4-7-11-9(2,3)6-5-8-12-10/h4-8H2,1-3H3/p+1. The zero-order chi connectivity index (χ0) is 9.45. The Morgan fingerprint density at radius 3 is 2.42 bits per heavy atom. The van der Waals surface area contributed by atoms with Gasteiger partial charge in [-0.25, -0.2) is 9.73 Å². The van der Waals surface area contributed by atoms with E-state index < -0.39 is 0 Å². The Balaban J connectivity index is 3.42. The van der Waals surface area contributed by atoms with Crippen molar-refractivity contribution in [2.75, 3.05) is 33.9 Å². The summed E-state index contributed by atoms with van der Waals surface area (Å²) in [5.41, 5.74) is 0. The van der Waals surface area contributed by atoms with E-state index in [-0.39, 0.29) is 0 Å². The SMILES string of the molecule is CCCO[N+](C)(C)CCCOO. The van der Waals surface area contributed by atoms with E-state index in [1.165, 1.54) is 0 Å². The van der Waals surface area contributed by atoms with Crippen LogP contribution in [0, 0.1) is 0 Å². The van der Waals surface area contributed by atoms with Gasteiger partial charge in [0.2, 0.25) is 0 Å². The lowest BCUT2D eigenvalue weighted by molar-refractivity contribution is -1.08. The molecule has 4 nitrogen and oxygen atoms in total. The second-order valence-electron chi connectivity index (χ2n) is 3.32. The van der Waals surface area contributed by atoms with Crippen molar-refractivity contribution < 1.29 is 19.6 Å². The summed E-state index contributed by atoms with van der Waals surface area (Å²) in [6.07, 6.45) is 1.82.